The van der Waals surface area contributed by atoms with Crippen molar-refractivity contribution in [2.24, 2.45) is 0 Å². The van der Waals surface area contributed by atoms with Crippen LogP contribution >= 0.6 is 0 Å². The molecule has 2 nitrogen and oxygen atoms in total. The molecule has 0 N–H and O–H groups in total. The van der Waals surface area contributed by atoms with E-state index in [0.29, 0.717) is 0 Å². The van der Waals surface area contributed by atoms with E-state index in [1.807, 2.05) is 0 Å². The van der Waals surface area contributed by atoms with Crippen molar-refractivity contribution in [2.45, 2.75) is 39.5 Å². The van der Waals surface area contributed by atoms with Crippen LogP contribution in [0.4, 0.5) is 0 Å². The predicted octanol–water partition coefficient (Wildman–Crippen LogP) is 8.73. The molecule has 182 valence electrons. The summed E-state index contributed by atoms with van der Waals surface area (Å²) in [6.07, 6.45) is 8.00. The maximum Gasteiger partial charge on any atom is 0.0549 e. The molecular weight excluding hydrogens is 436 g/mol. The van der Waals surface area contributed by atoms with Gasteiger partial charge in [0.2, 0.25) is 0 Å². The molecule has 2 heterocycles. The van der Waals surface area contributed by atoms with Crippen LogP contribution in [0.5, 0.6) is 0 Å². The Morgan fingerprint density at radius 3 is 2.17 bits per heavy atom. The number of benzene rings is 3. The third-order valence-electron chi connectivity index (χ3n) is 7.17. The quantitative estimate of drug-likeness (QED) is 0.282. The SMILES string of the molecule is CCC1=CC=C(c2ccccc2-n2cc(C(C)(C)C)cc2-c2cccc(-c3ccccc3)c2)N(C)C1. The summed E-state index contributed by atoms with van der Waals surface area (Å²) in [6.45, 7) is 10.1. The van der Waals surface area contributed by atoms with E-state index in [1.165, 1.54) is 50.5 Å². The van der Waals surface area contributed by atoms with Crippen LogP contribution in [0, 0.1) is 0 Å². The summed E-state index contributed by atoms with van der Waals surface area (Å²) in [6, 6.07) is 30.7. The minimum atomic E-state index is 0.0473. The number of aromatic nitrogens is 1. The number of rotatable bonds is 5. The van der Waals surface area contributed by atoms with Crippen molar-refractivity contribution >= 4 is 5.70 Å². The van der Waals surface area contributed by atoms with Crippen molar-refractivity contribution < 1.29 is 0 Å². The van der Waals surface area contributed by atoms with Crippen molar-refractivity contribution in [1.29, 1.82) is 0 Å². The van der Waals surface area contributed by atoms with Gasteiger partial charge in [0.25, 0.3) is 0 Å². The fourth-order valence-electron chi connectivity index (χ4n) is 4.98. The molecule has 0 saturated heterocycles. The van der Waals surface area contributed by atoms with Crippen molar-refractivity contribution in [3.63, 3.8) is 0 Å². The summed E-state index contributed by atoms with van der Waals surface area (Å²) in [5.74, 6) is 0. The molecule has 1 aromatic heterocycles. The molecule has 0 bridgehead atoms. The molecule has 0 aliphatic carbocycles. The van der Waals surface area contributed by atoms with E-state index < -0.39 is 0 Å². The highest BCUT2D eigenvalue weighted by Crippen LogP contribution is 2.36. The second kappa shape index (κ2) is 9.70. The minimum absolute atomic E-state index is 0.0473. The van der Waals surface area contributed by atoms with E-state index in [2.05, 4.69) is 147 Å². The first-order valence-corrected chi connectivity index (χ1v) is 12.9. The Bertz CT molecular complexity index is 1430. The Morgan fingerprint density at radius 2 is 1.44 bits per heavy atom. The van der Waals surface area contributed by atoms with E-state index in [4.69, 9.17) is 0 Å². The Hall–Kier alpha value is -3.78. The van der Waals surface area contributed by atoms with Crippen LogP contribution in [-0.2, 0) is 5.41 Å². The van der Waals surface area contributed by atoms with Gasteiger partial charge in [-0.05, 0) is 58.4 Å². The van der Waals surface area contributed by atoms with Gasteiger partial charge in [0.15, 0.2) is 0 Å². The topological polar surface area (TPSA) is 8.17 Å². The molecule has 0 saturated carbocycles. The molecule has 0 fully saturated rings. The number of para-hydroxylation sites is 1. The van der Waals surface area contributed by atoms with Gasteiger partial charge < -0.3 is 9.47 Å². The molecule has 36 heavy (non-hydrogen) atoms. The van der Waals surface area contributed by atoms with E-state index in [9.17, 15) is 0 Å². The molecule has 0 amide bonds. The summed E-state index contributed by atoms with van der Waals surface area (Å²) in [5, 5.41) is 0. The zero-order valence-electron chi connectivity index (χ0n) is 22.1. The molecular formula is C34H36N2. The van der Waals surface area contributed by atoms with E-state index >= 15 is 0 Å². The third-order valence-corrected chi connectivity index (χ3v) is 7.17. The predicted molar refractivity (Wildman–Crippen MR) is 154 cm³/mol. The fourth-order valence-corrected chi connectivity index (χ4v) is 4.98. The van der Waals surface area contributed by atoms with Crippen molar-refractivity contribution in [2.75, 3.05) is 13.6 Å². The highest BCUT2D eigenvalue weighted by Gasteiger charge is 2.22. The molecule has 4 aromatic rings. The average molecular weight is 473 g/mol. The minimum Gasteiger partial charge on any atom is -0.370 e. The normalized spacial score (nSPS) is 14.0. The Morgan fingerprint density at radius 1 is 0.750 bits per heavy atom. The first-order valence-electron chi connectivity index (χ1n) is 12.9. The highest BCUT2D eigenvalue weighted by atomic mass is 15.1. The van der Waals surface area contributed by atoms with Gasteiger partial charge in [-0.3, -0.25) is 0 Å². The lowest BCUT2D eigenvalue weighted by Crippen LogP contribution is -2.22. The molecule has 0 radical (unpaired) electrons. The van der Waals surface area contributed by atoms with Gasteiger partial charge in [0.05, 0.1) is 11.4 Å². The zero-order valence-corrected chi connectivity index (χ0v) is 22.1. The number of hydrogen-bond donors (Lipinski definition) is 0. The van der Waals surface area contributed by atoms with Crippen molar-refractivity contribution in [1.82, 2.24) is 9.47 Å². The Labute approximate surface area is 216 Å². The average Bonchev–Trinajstić information content (AvgIpc) is 3.35. The maximum atomic E-state index is 2.40. The van der Waals surface area contributed by atoms with E-state index in [1.54, 1.807) is 0 Å². The summed E-state index contributed by atoms with van der Waals surface area (Å²) in [4.78, 5) is 2.38. The lowest BCUT2D eigenvalue weighted by atomic mass is 9.89. The summed E-state index contributed by atoms with van der Waals surface area (Å²) >= 11 is 0. The van der Waals surface area contributed by atoms with Gasteiger partial charge in [0.1, 0.15) is 0 Å². The van der Waals surface area contributed by atoms with Gasteiger partial charge >= 0.3 is 0 Å². The van der Waals surface area contributed by atoms with Crippen molar-refractivity contribution in [3.8, 4) is 28.1 Å². The lowest BCUT2D eigenvalue weighted by molar-refractivity contribution is 0.509. The van der Waals surface area contributed by atoms with E-state index in [0.717, 1.165) is 13.0 Å². The highest BCUT2D eigenvalue weighted by molar-refractivity contribution is 5.77. The monoisotopic (exact) mass is 472 g/mol. The second-order valence-electron chi connectivity index (χ2n) is 10.8. The molecule has 0 unspecified atom stereocenters. The summed E-state index contributed by atoms with van der Waals surface area (Å²) in [7, 11) is 2.20. The number of allylic oxidation sites excluding steroid dienone is 2. The molecule has 0 atom stereocenters. The van der Waals surface area contributed by atoms with Gasteiger partial charge in [0, 0.05) is 31.0 Å². The van der Waals surface area contributed by atoms with Crippen LogP contribution in [0.25, 0.3) is 33.8 Å². The molecule has 1 aliphatic rings. The first kappa shape index (κ1) is 23.9. The number of hydrogen-bond acceptors (Lipinski definition) is 1. The van der Waals surface area contributed by atoms with Gasteiger partial charge in [-0.2, -0.15) is 0 Å². The van der Waals surface area contributed by atoms with Crippen LogP contribution in [0.2, 0.25) is 0 Å². The van der Waals surface area contributed by atoms with Gasteiger partial charge in [-0.15, -0.1) is 0 Å². The first-order chi connectivity index (χ1) is 17.3. The molecule has 0 spiro atoms. The largest absolute Gasteiger partial charge is 0.370 e. The summed E-state index contributed by atoms with van der Waals surface area (Å²) < 4.78 is 2.40. The van der Waals surface area contributed by atoms with Crippen LogP contribution in [0.3, 0.4) is 0 Å². The van der Waals surface area contributed by atoms with Gasteiger partial charge in [-0.1, -0.05) is 106 Å². The van der Waals surface area contributed by atoms with Crippen LogP contribution < -0.4 is 0 Å². The lowest BCUT2D eigenvalue weighted by Gasteiger charge is -2.29. The van der Waals surface area contributed by atoms with Crippen LogP contribution in [0.1, 0.15) is 45.2 Å². The number of likely N-dealkylation sites (N-methyl/N-ethyl adjacent to an activating group) is 1. The Balaban J connectivity index is 1.69. The smallest absolute Gasteiger partial charge is 0.0549 e. The standard InChI is InChI=1S/C34H36N2/c1-6-25-19-20-31(35(5)23-25)30-17-10-11-18-32(30)36-24-29(34(2,3)4)22-33(36)28-16-12-15-27(21-28)26-13-8-7-9-14-26/h7-22,24H,6,23H2,1-5H3. The molecule has 2 heteroatoms. The van der Waals surface area contributed by atoms with Crippen LogP contribution in [0.15, 0.2) is 109 Å². The van der Waals surface area contributed by atoms with Gasteiger partial charge in [-0.25, -0.2) is 0 Å². The maximum absolute atomic E-state index is 2.40. The molecule has 1 aliphatic heterocycles. The second-order valence-corrected chi connectivity index (χ2v) is 10.8. The zero-order chi connectivity index (χ0) is 25.3. The molecule has 3 aromatic carbocycles. The molecule has 5 rings (SSSR count). The van der Waals surface area contributed by atoms with Crippen LogP contribution in [-0.4, -0.2) is 23.1 Å². The fraction of sp³-hybridized carbons (Fsp3) is 0.235. The number of nitrogens with zero attached hydrogens (tertiary/aromatic N) is 2. The van der Waals surface area contributed by atoms with E-state index in [-0.39, 0.29) is 5.41 Å². The summed E-state index contributed by atoms with van der Waals surface area (Å²) in [5.41, 5.74) is 11.5. The Kier molecular flexibility index (Phi) is 6.45. The van der Waals surface area contributed by atoms with Crippen molar-refractivity contribution in [3.05, 3.63) is 120 Å². The third kappa shape index (κ3) is 4.68.